The highest BCUT2D eigenvalue weighted by atomic mass is 32.2. The van der Waals surface area contributed by atoms with E-state index >= 15 is 0 Å². The van der Waals surface area contributed by atoms with Crippen LogP contribution < -0.4 is 10.6 Å². The molecule has 138 valence electrons. The van der Waals surface area contributed by atoms with Gasteiger partial charge in [-0.1, -0.05) is 36.4 Å². The molecule has 1 aromatic heterocycles. The number of aromatic nitrogens is 2. The van der Waals surface area contributed by atoms with Gasteiger partial charge in [-0.2, -0.15) is 0 Å². The van der Waals surface area contributed by atoms with Gasteiger partial charge in [-0.25, -0.2) is 9.97 Å². The molecule has 0 saturated carbocycles. The maximum absolute atomic E-state index is 12.8. The van der Waals surface area contributed by atoms with E-state index in [1.54, 1.807) is 11.8 Å². The molecule has 5 nitrogen and oxygen atoms in total. The van der Waals surface area contributed by atoms with E-state index < -0.39 is 0 Å². The van der Waals surface area contributed by atoms with E-state index in [0.29, 0.717) is 17.0 Å². The van der Waals surface area contributed by atoms with Crippen LogP contribution in [0, 0.1) is 0 Å². The highest BCUT2D eigenvalue weighted by Crippen LogP contribution is 2.24. The van der Waals surface area contributed by atoms with Crippen molar-refractivity contribution in [3.05, 3.63) is 84.7 Å². The van der Waals surface area contributed by atoms with E-state index in [-0.39, 0.29) is 11.7 Å². The minimum absolute atomic E-state index is 0.117. The van der Waals surface area contributed by atoms with E-state index in [1.807, 2.05) is 85.1 Å². The summed E-state index contributed by atoms with van der Waals surface area (Å²) in [6.07, 6.45) is 1.99. The van der Waals surface area contributed by atoms with Gasteiger partial charge in [-0.05, 0) is 48.7 Å². The molecule has 0 saturated heterocycles. The molecule has 0 aliphatic carbocycles. The zero-order valence-corrected chi connectivity index (χ0v) is 16.0. The molecule has 1 amide bonds. The number of amides is 1. The number of anilines is 3. The molecule has 0 spiro atoms. The van der Waals surface area contributed by atoms with Crippen LogP contribution in [0.3, 0.4) is 0 Å². The maximum Gasteiger partial charge on any atom is 0.293 e. The number of rotatable bonds is 5. The lowest BCUT2D eigenvalue weighted by atomic mass is 10.2. The number of para-hydroxylation sites is 2. The molecule has 0 atom stereocenters. The summed E-state index contributed by atoms with van der Waals surface area (Å²) in [7, 11) is 0. The summed E-state index contributed by atoms with van der Waals surface area (Å²) in [6, 6.07) is 25.0. The predicted octanol–water partition coefficient (Wildman–Crippen LogP) is 5.35. The minimum Gasteiger partial charge on any atom is -0.340 e. The van der Waals surface area contributed by atoms with Crippen molar-refractivity contribution >= 4 is 45.8 Å². The molecular formula is C22H18N4OS. The Kier molecular flexibility index (Phi) is 5.21. The first-order chi connectivity index (χ1) is 13.7. The fraction of sp³-hybridized carbons (Fsp3) is 0.0455. The SMILES string of the molecule is CSc1cccc(NC(=O)c2nc(Nc3ccccc3)c3ccccc3n2)c1. The van der Waals surface area contributed by atoms with Crippen molar-refractivity contribution in [2.75, 3.05) is 16.9 Å². The Labute approximate surface area is 167 Å². The first-order valence-electron chi connectivity index (χ1n) is 8.77. The van der Waals surface area contributed by atoms with Gasteiger partial charge >= 0.3 is 0 Å². The Morgan fingerprint density at radius 2 is 1.61 bits per heavy atom. The van der Waals surface area contributed by atoms with E-state index in [0.717, 1.165) is 16.0 Å². The number of fused-ring (bicyclic) bond motifs is 1. The Hall–Kier alpha value is -3.38. The van der Waals surface area contributed by atoms with Crippen LogP contribution in [0.2, 0.25) is 0 Å². The topological polar surface area (TPSA) is 66.9 Å². The fourth-order valence-corrected chi connectivity index (χ4v) is 3.28. The van der Waals surface area contributed by atoms with Crippen molar-refractivity contribution in [1.29, 1.82) is 0 Å². The Morgan fingerprint density at radius 3 is 2.43 bits per heavy atom. The van der Waals surface area contributed by atoms with Crippen molar-refractivity contribution < 1.29 is 4.79 Å². The van der Waals surface area contributed by atoms with Gasteiger partial charge in [-0.15, -0.1) is 11.8 Å². The third kappa shape index (κ3) is 3.97. The number of nitrogens with one attached hydrogen (secondary N) is 2. The molecule has 1 heterocycles. The molecule has 4 rings (SSSR count). The average Bonchev–Trinajstić information content (AvgIpc) is 2.74. The molecule has 3 aromatic carbocycles. The molecule has 6 heteroatoms. The highest BCUT2D eigenvalue weighted by molar-refractivity contribution is 7.98. The molecule has 0 aliphatic rings. The summed E-state index contributed by atoms with van der Waals surface area (Å²) in [5.74, 6) is 0.367. The highest BCUT2D eigenvalue weighted by Gasteiger charge is 2.14. The minimum atomic E-state index is -0.347. The smallest absolute Gasteiger partial charge is 0.293 e. The van der Waals surface area contributed by atoms with E-state index in [9.17, 15) is 4.79 Å². The maximum atomic E-state index is 12.8. The van der Waals surface area contributed by atoms with Crippen molar-refractivity contribution in [1.82, 2.24) is 9.97 Å². The van der Waals surface area contributed by atoms with Gasteiger partial charge in [0.2, 0.25) is 5.82 Å². The second-order valence-electron chi connectivity index (χ2n) is 6.09. The fourth-order valence-electron chi connectivity index (χ4n) is 2.82. The summed E-state index contributed by atoms with van der Waals surface area (Å²) in [5, 5.41) is 7.03. The van der Waals surface area contributed by atoms with Crippen LogP contribution in [0.25, 0.3) is 10.9 Å². The number of carbonyl (C=O) groups is 1. The Balaban J connectivity index is 1.69. The van der Waals surface area contributed by atoms with Crippen molar-refractivity contribution in [2.24, 2.45) is 0 Å². The number of carbonyl (C=O) groups excluding carboxylic acids is 1. The third-order valence-electron chi connectivity index (χ3n) is 4.17. The summed E-state index contributed by atoms with van der Waals surface area (Å²) >= 11 is 1.62. The lowest BCUT2D eigenvalue weighted by molar-refractivity contribution is 0.101. The van der Waals surface area contributed by atoms with Gasteiger partial charge in [0.15, 0.2) is 0 Å². The molecule has 4 aromatic rings. The zero-order valence-electron chi connectivity index (χ0n) is 15.2. The van der Waals surface area contributed by atoms with Crippen LogP contribution >= 0.6 is 11.8 Å². The predicted molar refractivity (Wildman–Crippen MR) is 115 cm³/mol. The standard InChI is InChI=1S/C22H18N4OS/c1-28-17-11-7-10-16(14-17)24-22(27)21-25-19-13-6-5-12-18(19)20(26-21)23-15-8-3-2-4-9-15/h2-14H,1H3,(H,24,27)(H,23,25,26). The monoisotopic (exact) mass is 386 g/mol. The number of hydrogen-bond donors (Lipinski definition) is 2. The molecular weight excluding hydrogens is 368 g/mol. The molecule has 0 aliphatic heterocycles. The van der Waals surface area contributed by atoms with Gasteiger partial charge in [0.1, 0.15) is 5.82 Å². The second-order valence-corrected chi connectivity index (χ2v) is 6.97. The third-order valence-corrected chi connectivity index (χ3v) is 4.90. The van der Waals surface area contributed by atoms with Gasteiger partial charge in [-0.3, -0.25) is 4.79 Å². The van der Waals surface area contributed by atoms with E-state index in [2.05, 4.69) is 20.6 Å². The first kappa shape index (κ1) is 18.0. The van der Waals surface area contributed by atoms with Gasteiger partial charge in [0.25, 0.3) is 5.91 Å². The number of hydrogen-bond acceptors (Lipinski definition) is 5. The summed E-state index contributed by atoms with van der Waals surface area (Å²) in [4.78, 5) is 22.8. The summed E-state index contributed by atoms with van der Waals surface area (Å²) in [5.41, 5.74) is 2.32. The van der Waals surface area contributed by atoms with Crippen molar-refractivity contribution in [3.63, 3.8) is 0 Å². The quantitative estimate of drug-likeness (QED) is 0.453. The molecule has 0 fully saturated rings. The van der Waals surface area contributed by atoms with Crippen molar-refractivity contribution in [2.45, 2.75) is 4.90 Å². The first-order valence-corrected chi connectivity index (χ1v) is 10.00. The summed E-state index contributed by atoms with van der Waals surface area (Å²) in [6.45, 7) is 0. The second kappa shape index (κ2) is 8.10. The average molecular weight is 386 g/mol. The van der Waals surface area contributed by atoms with E-state index in [4.69, 9.17) is 0 Å². The number of benzene rings is 3. The number of thioether (sulfide) groups is 1. The normalized spacial score (nSPS) is 10.6. The van der Waals surface area contributed by atoms with Crippen LogP contribution in [0.4, 0.5) is 17.2 Å². The van der Waals surface area contributed by atoms with Crippen molar-refractivity contribution in [3.8, 4) is 0 Å². The summed E-state index contributed by atoms with van der Waals surface area (Å²) < 4.78 is 0. The van der Waals surface area contributed by atoms with Crippen LogP contribution in [-0.2, 0) is 0 Å². The Morgan fingerprint density at radius 1 is 0.857 bits per heavy atom. The van der Waals surface area contributed by atoms with Gasteiger partial charge in [0, 0.05) is 21.7 Å². The molecule has 2 N–H and O–H groups in total. The van der Waals surface area contributed by atoms with Gasteiger partial charge in [0.05, 0.1) is 5.52 Å². The number of nitrogens with zero attached hydrogens (tertiary/aromatic N) is 2. The van der Waals surface area contributed by atoms with Crippen LogP contribution in [0.1, 0.15) is 10.6 Å². The van der Waals surface area contributed by atoms with Gasteiger partial charge < -0.3 is 10.6 Å². The zero-order chi connectivity index (χ0) is 19.3. The lowest BCUT2D eigenvalue weighted by Gasteiger charge is -2.11. The largest absolute Gasteiger partial charge is 0.340 e. The van der Waals surface area contributed by atoms with Crippen LogP contribution in [-0.4, -0.2) is 22.1 Å². The molecule has 28 heavy (non-hydrogen) atoms. The van der Waals surface area contributed by atoms with E-state index in [1.165, 1.54) is 0 Å². The molecule has 0 bridgehead atoms. The lowest BCUT2D eigenvalue weighted by Crippen LogP contribution is -2.16. The Bertz CT molecular complexity index is 1130. The molecule has 0 unspecified atom stereocenters. The molecule has 0 radical (unpaired) electrons. The van der Waals surface area contributed by atoms with Crippen LogP contribution in [0.15, 0.2) is 83.8 Å². The van der Waals surface area contributed by atoms with Crippen LogP contribution in [0.5, 0.6) is 0 Å².